The Morgan fingerprint density at radius 3 is 2.36 bits per heavy atom. The van der Waals surface area contributed by atoms with Crippen LogP contribution >= 0.6 is 0 Å². The molecule has 0 aromatic carbocycles. The summed E-state index contributed by atoms with van der Waals surface area (Å²) in [6.45, 7) is 22.3. The number of hydrogen-bond donors (Lipinski definition) is 1. The molecule has 1 spiro atoms. The van der Waals surface area contributed by atoms with Crippen molar-refractivity contribution >= 4 is 34.4 Å². The molecule has 1 N–H and O–H groups in total. The Labute approximate surface area is 252 Å². The van der Waals surface area contributed by atoms with Crippen LogP contribution < -0.4 is 0 Å². The van der Waals surface area contributed by atoms with Crippen molar-refractivity contribution in [2.75, 3.05) is 6.61 Å². The van der Waals surface area contributed by atoms with Crippen LogP contribution in [0.15, 0.2) is 11.6 Å². The number of ketones is 1. The van der Waals surface area contributed by atoms with Gasteiger partial charge < -0.3 is 28.2 Å². The van der Waals surface area contributed by atoms with Gasteiger partial charge in [0.1, 0.15) is 18.3 Å². The van der Waals surface area contributed by atoms with Crippen LogP contribution in [0.3, 0.4) is 0 Å². The van der Waals surface area contributed by atoms with Gasteiger partial charge in [0.15, 0.2) is 28.2 Å². The maximum Gasteiger partial charge on any atom is 0.348 e. The molecule has 5 aliphatic rings. The fourth-order valence-corrected chi connectivity index (χ4v) is 11.7. The second-order valence-corrected chi connectivity index (χ2v) is 25.0. The average Bonchev–Trinajstić information content (AvgIpc) is 3.12. The predicted octanol–water partition coefficient (Wildman–Crippen LogP) is 4.45. The number of allylic oxidation sites excluding steroid dienone is 1. The molecule has 236 valence electrons. The van der Waals surface area contributed by atoms with Gasteiger partial charge in [-0.05, 0) is 76.5 Å². The third-order valence-corrected chi connectivity index (χ3v) is 12.2. The summed E-state index contributed by atoms with van der Waals surface area (Å²) in [6, 6.07) is 0. The van der Waals surface area contributed by atoms with E-state index in [0.717, 1.165) is 5.57 Å². The number of carbonyl (C=O) groups is 3. The SMILES string of the molecule is CC1=CC(=O)[C@@H](O[Si](C)(C)C)[C@]2(C)[C@@H]3C45CO[C@]3(O[Si](C)(C)C)[C@H](O)[C@H](C)[C@@H]4[C@@H](OC(=O)CC(C)C)C(=O)O[C@@H]5C[C@@H]12. The fourth-order valence-electron chi connectivity index (χ4n) is 9.37. The summed E-state index contributed by atoms with van der Waals surface area (Å²) in [4.78, 5) is 40.6. The van der Waals surface area contributed by atoms with Crippen molar-refractivity contribution in [2.45, 2.75) is 117 Å². The van der Waals surface area contributed by atoms with E-state index in [-0.39, 0.29) is 30.6 Å². The number of aliphatic hydroxyl groups is 1. The molecular weight excluding hydrogens is 573 g/mol. The number of rotatable bonds is 7. The third-order valence-electron chi connectivity index (χ3n) is 10.3. The van der Waals surface area contributed by atoms with Crippen LogP contribution in [-0.2, 0) is 37.4 Å². The van der Waals surface area contributed by atoms with Crippen LogP contribution in [-0.4, -0.2) is 76.3 Å². The van der Waals surface area contributed by atoms with Crippen molar-refractivity contribution in [1.29, 1.82) is 0 Å². The molecule has 0 aromatic rings. The minimum Gasteiger partial charge on any atom is -0.459 e. The summed E-state index contributed by atoms with van der Waals surface area (Å²) < 4.78 is 32.7. The highest BCUT2D eigenvalue weighted by Gasteiger charge is 2.84. The summed E-state index contributed by atoms with van der Waals surface area (Å²) in [7, 11) is -4.62. The van der Waals surface area contributed by atoms with E-state index in [1.165, 1.54) is 0 Å². The van der Waals surface area contributed by atoms with Gasteiger partial charge in [-0.3, -0.25) is 9.59 Å². The molecule has 0 aromatic heterocycles. The molecule has 11 heteroatoms. The van der Waals surface area contributed by atoms with E-state index in [0.29, 0.717) is 6.42 Å². The highest BCUT2D eigenvalue weighted by molar-refractivity contribution is 6.70. The highest BCUT2D eigenvalue weighted by atomic mass is 28.4. The molecule has 0 radical (unpaired) electrons. The van der Waals surface area contributed by atoms with Crippen LogP contribution in [0, 0.1) is 40.4 Å². The van der Waals surface area contributed by atoms with Gasteiger partial charge in [-0.15, -0.1) is 0 Å². The van der Waals surface area contributed by atoms with E-state index in [4.69, 9.17) is 23.1 Å². The number of ether oxygens (including phenoxy) is 3. The van der Waals surface area contributed by atoms with Crippen LogP contribution in [0.1, 0.15) is 47.5 Å². The molecule has 2 saturated heterocycles. The second kappa shape index (κ2) is 10.1. The summed E-state index contributed by atoms with van der Waals surface area (Å²) >= 11 is 0. The second-order valence-electron chi connectivity index (χ2n) is 16.1. The lowest BCUT2D eigenvalue weighted by Crippen LogP contribution is -2.79. The van der Waals surface area contributed by atoms with Gasteiger partial charge in [0.2, 0.25) is 6.10 Å². The van der Waals surface area contributed by atoms with Crippen LogP contribution in [0.4, 0.5) is 0 Å². The van der Waals surface area contributed by atoms with E-state index in [1.807, 2.05) is 27.7 Å². The quantitative estimate of drug-likeness (QED) is 0.325. The molecule has 1 unspecified atom stereocenters. The first kappa shape index (κ1) is 32.0. The largest absolute Gasteiger partial charge is 0.459 e. The van der Waals surface area contributed by atoms with E-state index < -0.39 is 87.4 Å². The van der Waals surface area contributed by atoms with Crippen molar-refractivity contribution < 1.29 is 42.6 Å². The molecule has 5 rings (SSSR count). The third kappa shape index (κ3) is 4.63. The highest BCUT2D eigenvalue weighted by Crippen LogP contribution is 2.75. The first-order chi connectivity index (χ1) is 19.2. The summed E-state index contributed by atoms with van der Waals surface area (Å²) in [5.41, 5.74) is -0.806. The molecule has 0 amide bonds. The Balaban J connectivity index is 1.76. The summed E-state index contributed by atoms with van der Waals surface area (Å²) in [6.07, 6.45) is -1.35. The molecule has 4 fully saturated rings. The number of aliphatic hydroxyl groups excluding tert-OH is 1. The Morgan fingerprint density at radius 2 is 1.79 bits per heavy atom. The van der Waals surface area contributed by atoms with Crippen LogP contribution in [0.5, 0.6) is 0 Å². The smallest absolute Gasteiger partial charge is 0.348 e. The Hall–Kier alpha value is -1.38. The standard InChI is InChI=1S/C31H50O9Si2/c1-16(2)12-22(33)38-24-23-18(4)25(34)31(40-42(9,10)11)28-29(5)19(14-21(37-27(24)35)30(23,28)15-36-31)17(3)13-20(32)26(29)39-41(6,7)8/h13,16,18-19,21,23-26,28,34H,12,14-15H2,1-11H3/t18-,19+,21-,23-,24-,25-,26-,28-,29-,30?,31+/m1/s1. The Bertz CT molecular complexity index is 1190. The number of hydrogen-bond acceptors (Lipinski definition) is 9. The lowest BCUT2D eigenvalue weighted by molar-refractivity contribution is -0.332. The van der Waals surface area contributed by atoms with Gasteiger partial charge in [0.25, 0.3) is 0 Å². The van der Waals surface area contributed by atoms with E-state index in [2.05, 4.69) is 46.2 Å². The normalized spacial score (nSPS) is 44.7. The lowest BCUT2D eigenvalue weighted by Gasteiger charge is -2.69. The van der Waals surface area contributed by atoms with E-state index in [1.54, 1.807) is 6.08 Å². The maximum atomic E-state index is 13.9. The first-order valence-electron chi connectivity index (χ1n) is 15.5. The monoisotopic (exact) mass is 622 g/mol. The molecule has 42 heavy (non-hydrogen) atoms. The Morgan fingerprint density at radius 1 is 1.14 bits per heavy atom. The van der Waals surface area contributed by atoms with Gasteiger partial charge in [-0.25, -0.2) is 4.79 Å². The van der Waals surface area contributed by atoms with E-state index in [9.17, 15) is 19.5 Å². The fraction of sp³-hybridized carbons (Fsp3) is 0.839. The summed E-state index contributed by atoms with van der Waals surface area (Å²) in [5, 5.41) is 12.3. The van der Waals surface area contributed by atoms with Gasteiger partial charge in [-0.1, -0.05) is 33.3 Å². The molecular formula is C31H50O9Si2. The average molecular weight is 623 g/mol. The maximum absolute atomic E-state index is 13.9. The molecule has 9 nitrogen and oxygen atoms in total. The zero-order valence-corrected chi connectivity index (χ0v) is 29.1. The molecule has 2 bridgehead atoms. The predicted molar refractivity (Wildman–Crippen MR) is 160 cm³/mol. The van der Waals surface area contributed by atoms with Gasteiger partial charge in [0, 0.05) is 29.1 Å². The summed E-state index contributed by atoms with van der Waals surface area (Å²) in [5.74, 6) is -4.40. The minimum atomic E-state index is -2.38. The van der Waals surface area contributed by atoms with Crippen molar-refractivity contribution in [3.63, 3.8) is 0 Å². The van der Waals surface area contributed by atoms with Crippen molar-refractivity contribution in [2.24, 2.45) is 40.4 Å². The number of carbonyl (C=O) groups excluding carboxylic acids is 3. The molecule has 3 aliphatic carbocycles. The van der Waals surface area contributed by atoms with Crippen LogP contribution in [0.2, 0.25) is 39.3 Å². The topological polar surface area (TPSA) is 118 Å². The van der Waals surface area contributed by atoms with Crippen molar-refractivity contribution in [3.05, 3.63) is 11.6 Å². The zero-order chi connectivity index (χ0) is 31.4. The number of esters is 2. The van der Waals surface area contributed by atoms with Gasteiger partial charge in [0.05, 0.1) is 6.61 Å². The zero-order valence-electron chi connectivity index (χ0n) is 27.1. The van der Waals surface area contributed by atoms with Crippen molar-refractivity contribution in [1.82, 2.24) is 0 Å². The van der Waals surface area contributed by atoms with Crippen LogP contribution in [0.25, 0.3) is 0 Å². The molecule has 11 atom stereocenters. The minimum absolute atomic E-state index is 0.0505. The van der Waals surface area contributed by atoms with Gasteiger partial charge in [-0.2, -0.15) is 0 Å². The molecule has 2 aliphatic heterocycles. The van der Waals surface area contributed by atoms with E-state index >= 15 is 0 Å². The van der Waals surface area contributed by atoms with Crippen molar-refractivity contribution in [3.8, 4) is 0 Å². The first-order valence-corrected chi connectivity index (χ1v) is 22.3. The lowest BCUT2D eigenvalue weighted by atomic mass is 9.38. The Kier molecular flexibility index (Phi) is 7.68. The number of fused-ring (bicyclic) bond motifs is 1. The molecule has 2 heterocycles. The van der Waals surface area contributed by atoms with Gasteiger partial charge >= 0.3 is 11.9 Å². The molecule has 2 saturated carbocycles.